The maximum Gasteiger partial charge on any atom is 0.154 e. The van der Waals surface area contributed by atoms with Gasteiger partial charge < -0.3 is 14.8 Å². The predicted octanol–water partition coefficient (Wildman–Crippen LogP) is 1.57. The first-order valence-corrected chi connectivity index (χ1v) is 6.21. The number of Topliss-reactive ketones (excluding diaryl/α,β-unsaturated/α-hetero) is 1. The predicted molar refractivity (Wildman–Crippen MR) is 69.3 cm³/mol. The third-order valence-electron chi connectivity index (χ3n) is 3.30. The van der Waals surface area contributed by atoms with Gasteiger partial charge in [-0.2, -0.15) is 0 Å². The smallest absolute Gasteiger partial charge is 0.154 e. The van der Waals surface area contributed by atoms with Crippen molar-refractivity contribution >= 4 is 5.78 Å². The molecule has 2 rings (SSSR count). The van der Waals surface area contributed by atoms with Crippen LogP contribution in [0.4, 0.5) is 0 Å². The van der Waals surface area contributed by atoms with Crippen molar-refractivity contribution in [3.05, 3.63) is 23.8 Å². The number of hydrogen-bond acceptors (Lipinski definition) is 4. The molecule has 0 saturated carbocycles. The lowest BCUT2D eigenvalue weighted by atomic mass is 10.0. The third-order valence-corrected chi connectivity index (χ3v) is 3.30. The van der Waals surface area contributed by atoms with Crippen molar-refractivity contribution in [2.75, 3.05) is 20.8 Å². The van der Waals surface area contributed by atoms with E-state index in [0.29, 0.717) is 6.42 Å². The van der Waals surface area contributed by atoms with Gasteiger partial charge in [0.15, 0.2) is 5.78 Å². The molecule has 1 atom stereocenters. The molecule has 0 amide bonds. The summed E-state index contributed by atoms with van der Waals surface area (Å²) in [4.78, 5) is 12.1. The molecule has 1 unspecified atom stereocenters. The second kappa shape index (κ2) is 5.87. The fourth-order valence-corrected chi connectivity index (χ4v) is 2.29. The monoisotopic (exact) mass is 249 g/mol. The summed E-state index contributed by atoms with van der Waals surface area (Å²) in [7, 11) is 3.23. The largest absolute Gasteiger partial charge is 0.497 e. The van der Waals surface area contributed by atoms with Crippen LogP contribution in [0.1, 0.15) is 18.4 Å². The molecule has 4 nitrogen and oxygen atoms in total. The van der Waals surface area contributed by atoms with E-state index in [1.807, 2.05) is 18.2 Å². The zero-order valence-electron chi connectivity index (χ0n) is 10.9. The number of ether oxygens (including phenoxy) is 2. The zero-order valence-corrected chi connectivity index (χ0v) is 10.9. The van der Waals surface area contributed by atoms with E-state index in [4.69, 9.17) is 9.47 Å². The first-order valence-electron chi connectivity index (χ1n) is 6.21. The molecule has 0 radical (unpaired) electrons. The lowest BCUT2D eigenvalue weighted by molar-refractivity contribution is -0.120. The highest BCUT2D eigenvalue weighted by atomic mass is 16.5. The molecular formula is C14H19NO3. The van der Waals surface area contributed by atoms with Crippen LogP contribution in [-0.4, -0.2) is 32.6 Å². The Morgan fingerprint density at radius 3 is 2.83 bits per heavy atom. The first kappa shape index (κ1) is 12.9. The van der Waals surface area contributed by atoms with Crippen LogP contribution in [0.5, 0.6) is 11.5 Å². The summed E-state index contributed by atoms with van der Waals surface area (Å²) in [5, 5.41) is 3.22. The lowest BCUT2D eigenvalue weighted by Crippen LogP contribution is -2.31. The minimum Gasteiger partial charge on any atom is -0.497 e. The van der Waals surface area contributed by atoms with E-state index in [-0.39, 0.29) is 11.8 Å². The molecule has 1 fully saturated rings. The summed E-state index contributed by atoms with van der Waals surface area (Å²) in [6.45, 7) is 0.936. The number of carbonyl (C=O) groups excluding carboxylic acids is 1. The Morgan fingerprint density at radius 2 is 2.22 bits per heavy atom. The molecule has 18 heavy (non-hydrogen) atoms. The summed E-state index contributed by atoms with van der Waals surface area (Å²) in [5.74, 6) is 1.71. The maximum atomic E-state index is 12.1. The molecule has 0 aromatic heterocycles. The average Bonchev–Trinajstić information content (AvgIpc) is 2.92. The van der Waals surface area contributed by atoms with Crippen LogP contribution in [0.25, 0.3) is 0 Å². The molecule has 0 bridgehead atoms. The molecule has 1 aliphatic rings. The van der Waals surface area contributed by atoms with E-state index in [1.165, 1.54) is 0 Å². The number of benzene rings is 1. The number of nitrogens with one attached hydrogen (secondary N) is 1. The Bertz CT molecular complexity index is 425. The maximum absolute atomic E-state index is 12.1. The molecule has 1 saturated heterocycles. The summed E-state index contributed by atoms with van der Waals surface area (Å²) in [6.07, 6.45) is 2.40. The quantitative estimate of drug-likeness (QED) is 0.860. The highest BCUT2D eigenvalue weighted by Gasteiger charge is 2.23. The number of hydrogen-bond donors (Lipinski definition) is 1. The molecule has 1 aliphatic heterocycles. The van der Waals surface area contributed by atoms with E-state index in [1.54, 1.807) is 14.2 Å². The summed E-state index contributed by atoms with van der Waals surface area (Å²) >= 11 is 0. The number of rotatable bonds is 5. The Kier molecular flexibility index (Phi) is 4.20. The Hall–Kier alpha value is -1.55. The minimum absolute atomic E-state index is 0.000840. The second-order valence-corrected chi connectivity index (χ2v) is 4.47. The third kappa shape index (κ3) is 2.82. The van der Waals surface area contributed by atoms with Crippen LogP contribution in [-0.2, 0) is 11.2 Å². The van der Waals surface area contributed by atoms with Crippen molar-refractivity contribution in [1.29, 1.82) is 0 Å². The Labute approximate surface area is 107 Å². The SMILES string of the molecule is COc1ccc(OC)c(CC(=O)C2CCCN2)c1. The van der Waals surface area contributed by atoms with Gasteiger partial charge in [-0.15, -0.1) is 0 Å². The molecule has 0 aliphatic carbocycles. The molecule has 1 N–H and O–H groups in total. The van der Waals surface area contributed by atoms with Crippen LogP contribution in [0.15, 0.2) is 18.2 Å². The van der Waals surface area contributed by atoms with Gasteiger partial charge in [-0.1, -0.05) is 0 Å². The van der Waals surface area contributed by atoms with Gasteiger partial charge in [-0.25, -0.2) is 0 Å². The molecule has 0 spiro atoms. The van der Waals surface area contributed by atoms with Crippen LogP contribution >= 0.6 is 0 Å². The standard InChI is InChI=1S/C14H19NO3/c1-17-11-5-6-14(18-2)10(8-11)9-13(16)12-4-3-7-15-12/h5-6,8,12,15H,3-4,7,9H2,1-2H3. The average molecular weight is 249 g/mol. The molecule has 1 aromatic carbocycles. The van der Waals surface area contributed by atoms with E-state index >= 15 is 0 Å². The fourth-order valence-electron chi connectivity index (χ4n) is 2.29. The number of carbonyl (C=O) groups is 1. The molecule has 98 valence electrons. The Balaban J connectivity index is 2.13. The van der Waals surface area contributed by atoms with Gasteiger partial charge >= 0.3 is 0 Å². The van der Waals surface area contributed by atoms with Gasteiger partial charge in [-0.3, -0.25) is 4.79 Å². The zero-order chi connectivity index (χ0) is 13.0. The first-order chi connectivity index (χ1) is 8.74. The summed E-state index contributed by atoms with van der Waals surface area (Å²) < 4.78 is 10.5. The van der Waals surface area contributed by atoms with Crippen molar-refractivity contribution in [1.82, 2.24) is 5.32 Å². The lowest BCUT2D eigenvalue weighted by Gasteiger charge is -2.12. The van der Waals surface area contributed by atoms with E-state index in [0.717, 1.165) is 36.4 Å². The molecule has 4 heteroatoms. The van der Waals surface area contributed by atoms with E-state index in [2.05, 4.69) is 5.32 Å². The van der Waals surface area contributed by atoms with Gasteiger partial charge in [0.05, 0.1) is 20.3 Å². The van der Waals surface area contributed by atoms with Gasteiger partial charge in [0.25, 0.3) is 0 Å². The van der Waals surface area contributed by atoms with Crippen LogP contribution in [0.3, 0.4) is 0 Å². The van der Waals surface area contributed by atoms with Crippen LogP contribution < -0.4 is 14.8 Å². The normalized spacial score (nSPS) is 18.7. The fraction of sp³-hybridized carbons (Fsp3) is 0.500. The molecular weight excluding hydrogens is 230 g/mol. The summed E-state index contributed by atoms with van der Waals surface area (Å²) in [6, 6.07) is 5.54. The van der Waals surface area contributed by atoms with E-state index < -0.39 is 0 Å². The van der Waals surface area contributed by atoms with Gasteiger partial charge in [-0.05, 0) is 37.6 Å². The highest BCUT2D eigenvalue weighted by molar-refractivity contribution is 5.87. The van der Waals surface area contributed by atoms with Crippen molar-refractivity contribution in [2.45, 2.75) is 25.3 Å². The van der Waals surface area contributed by atoms with Crippen molar-refractivity contribution in [2.24, 2.45) is 0 Å². The van der Waals surface area contributed by atoms with Crippen LogP contribution in [0, 0.1) is 0 Å². The van der Waals surface area contributed by atoms with Crippen LogP contribution in [0.2, 0.25) is 0 Å². The van der Waals surface area contributed by atoms with Gasteiger partial charge in [0, 0.05) is 12.0 Å². The minimum atomic E-state index is 0.000840. The summed E-state index contributed by atoms with van der Waals surface area (Å²) in [5.41, 5.74) is 0.885. The van der Waals surface area contributed by atoms with Gasteiger partial charge in [0.1, 0.15) is 11.5 Å². The molecule has 1 aromatic rings. The molecule has 1 heterocycles. The topological polar surface area (TPSA) is 47.6 Å². The van der Waals surface area contributed by atoms with Crippen molar-refractivity contribution < 1.29 is 14.3 Å². The van der Waals surface area contributed by atoms with Crippen molar-refractivity contribution in [3.63, 3.8) is 0 Å². The van der Waals surface area contributed by atoms with Gasteiger partial charge in [0.2, 0.25) is 0 Å². The highest BCUT2D eigenvalue weighted by Crippen LogP contribution is 2.25. The second-order valence-electron chi connectivity index (χ2n) is 4.47. The van der Waals surface area contributed by atoms with E-state index in [9.17, 15) is 4.79 Å². The number of methoxy groups -OCH3 is 2. The number of ketones is 1. The van der Waals surface area contributed by atoms with Crippen molar-refractivity contribution in [3.8, 4) is 11.5 Å². The Morgan fingerprint density at radius 1 is 1.39 bits per heavy atom.